The topological polar surface area (TPSA) is 86.0 Å². The summed E-state index contributed by atoms with van der Waals surface area (Å²) in [6.45, 7) is 8.36. The highest BCUT2D eigenvalue weighted by Crippen LogP contribution is 2.37. The summed E-state index contributed by atoms with van der Waals surface area (Å²) in [5.41, 5.74) is 3.67. The van der Waals surface area contributed by atoms with Gasteiger partial charge in [-0.3, -0.25) is 14.3 Å². The molecule has 2 fully saturated rings. The van der Waals surface area contributed by atoms with E-state index in [1.165, 1.54) is 0 Å². The van der Waals surface area contributed by atoms with Crippen LogP contribution in [0.3, 0.4) is 0 Å². The second-order valence-corrected chi connectivity index (χ2v) is 9.37. The van der Waals surface area contributed by atoms with Gasteiger partial charge in [0.2, 0.25) is 5.91 Å². The third-order valence-electron chi connectivity index (χ3n) is 7.29. The Morgan fingerprint density at radius 1 is 1.27 bits per heavy atom. The Morgan fingerprint density at radius 2 is 2.09 bits per heavy atom. The van der Waals surface area contributed by atoms with Gasteiger partial charge >= 0.3 is 0 Å². The van der Waals surface area contributed by atoms with Crippen molar-refractivity contribution in [2.75, 3.05) is 39.5 Å². The zero-order valence-electron chi connectivity index (χ0n) is 19.5. The lowest BCUT2D eigenvalue weighted by molar-refractivity contribution is -0.134. The monoisotopic (exact) mass is 452 g/mol. The average Bonchev–Trinajstić information content (AvgIpc) is 3.49. The van der Waals surface area contributed by atoms with Gasteiger partial charge in [0.1, 0.15) is 0 Å². The van der Waals surface area contributed by atoms with Crippen LogP contribution in [-0.2, 0) is 14.3 Å². The molecule has 1 unspecified atom stereocenters. The first kappa shape index (κ1) is 22.2. The van der Waals surface area contributed by atoms with Crippen molar-refractivity contribution in [1.29, 1.82) is 0 Å². The lowest BCUT2D eigenvalue weighted by Crippen LogP contribution is -2.42. The number of carbonyl (C=O) groups is 2. The van der Waals surface area contributed by atoms with Crippen molar-refractivity contribution in [2.45, 2.75) is 45.6 Å². The van der Waals surface area contributed by atoms with E-state index in [2.05, 4.69) is 10.1 Å². The van der Waals surface area contributed by atoms with Crippen LogP contribution in [0.15, 0.2) is 28.9 Å². The molecule has 2 amide bonds. The molecule has 0 spiro atoms. The van der Waals surface area contributed by atoms with Gasteiger partial charge in [-0.25, -0.2) is 4.99 Å². The molecule has 3 aliphatic heterocycles. The normalized spacial score (nSPS) is 25.3. The summed E-state index contributed by atoms with van der Waals surface area (Å²) in [5.74, 6) is 0.135. The zero-order chi connectivity index (χ0) is 22.9. The molecule has 0 N–H and O–H groups in total. The molecule has 0 saturated carbocycles. The number of ether oxygens (including phenoxy) is 2. The van der Waals surface area contributed by atoms with Crippen LogP contribution < -0.4 is 0 Å². The summed E-state index contributed by atoms with van der Waals surface area (Å²) < 4.78 is 13.0. The molecule has 8 nitrogen and oxygen atoms in total. The highest BCUT2D eigenvalue weighted by atomic mass is 16.5. The third-order valence-corrected chi connectivity index (χ3v) is 7.29. The molecule has 5 rings (SSSR count). The molecule has 1 aromatic rings. The maximum atomic E-state index is 13.5. The van der Waals surface area contributed by atoms with Gasteiger partial charge in [-0.05, 0) is 51.5 Å². The average molecular weight is 453 g/mol. The van der Waals surface area contributed by atoms with Gasteiger partial charge in [0, 0.05) is 38.5 Å². The SMILES string of the molecule is CCOCCC1CCN(C(=O)C2C=C3C(=NC(=O)c4cnn([C@H]5CCOC5)c43)C=C2C)CC1. The van der Waals surface area contributed by atoms with E-state index in [1.807, 2.05) is 35.6 Å². The Hall–Kier alpha value is -2.58. The summed E-state index contributed by atoms with van der Waals surface area (Å²) in [4.78, 5) is 32.5. The van der Waals surface area contributed by atoms with Crippen LogP contribution in [0.5, 0.6) is 0 Å². The fraction of sp³-hybridized carbons (Fsp3) is 0.600. The van der Waals surface area contributed by atoms with E-state index in [1.54, 1.807) is 6.20 Å². The molecular formula is C25H32N4O4. The maximum absolute atomic E-state index is 13.5. The molecule has 0 aromatic carbocycles. The van der Waals surface area contributed by atoms with E-state index in [9.17, 15) is 9.59 Å². The van der Waals surface area contributed by atoms with Gasteiger partial charge in [-0.15, -0.1) is 0 Å². The first-order chi connectivity index (χ1) is 16.1. The first-order valence-corrected chi connectivity index (χ1v) is 12.1. The van der Waals surface area contributed by atoms with Gasteiger partial charge in [0.15, 0.2) is 0 Å². The molecule has 1 aliphatic carbocycles. The van der Waals surface area contributed by atoms with Crippen LogP contribution in [0, 0.1) is 11.8 Å². The van der Waals surface area contributed by atoms with E-state index < -0.39 is 0 Å². The number of fused-ring (bicyclic) bond motifs is 3. The van der Waals surface area contributed by atoms with E-state index >= 15 is 0 Å². The van der Waals surface area contributed by atoms with Gasteiger partial charge in [0.25, 0.3) is 5.91 Å². The molecule has 0 radical (unpaired) electrons. The standard InChI is InChI=1S/C25H32N4O4/c1-3-32-10-6-17-4-8-28(9-5-17)25(31)19-13-20-22(12-16(19)2)27-24(30)21-14-26-29(23(20)21)18-7-11-33-15-18/h12-14,17-19H,3-11,15H2,1-2H3/t18-,19?/m0/s1. The minimum absolute atomic E-state index is 0.0960. The van der Waals surface area contributed by atoms with Crippen molar-refractivity contribution in [1.82, 2.24) is 14.7 Å². The number of rotatable bonds is 6. The Kier molecular flexibility index (Phi) is 6.29. The molecule has 8 heteroatoms. The number of likely N-dealkylation sites (tertiary alicyclic amines) is 1. The number of aliphatic imine (C=N–C) groups is 1. The maximum Gasteiger partial charge on any atom is 0.281 e. The zero-order valence-corrected chi connectivity index (χ0v) is 19.5. The van der Waals surface area contributed by atoms with E-state index in [0.717, 1.165) is 68.8 Å². The molecule has 4 heterocycles. The van der Waals surface area contributed by atoms with Crippen molar-refractivity contribution in [3.8, 4) is 0 Å². The number of piperidine rings is 1. The number of aromatic nitrogens is 2. The second kappa shape index (κ2) is 9.35. The number of hydrogen-bond acceptors (Lipinski definition) is 5. The number of carbonyl (C=O) groups excluding carboxylic acids is 2. The minimum Gasteiger partial charge on any atom is -0.382 e. The van der Waals surface area contributed by atoms with Gasteiger partial charge in [0.05, 0.1) is 41.7 Å². The fourth-order valence-electron chi connectivity index (χ4n) is 5.31. The Bertz CT molecular complexity index is 1020. The fourth-order valence-corrected chi connectivity index (χ4v) is 5.31. The lowest BCUT2D eigenvalue weighted by Gasteiger charge is -2.35. The summed E-state index contributed by atoms with van der Waals surface area (Å²) >= 11 is 0. The summed E-state index contributed by atoms with van der Waals surface area (Å²) in [7, 11) is 0. The van der Waals surface area contributed by atoms with Crippen LogP contribution >= 0.6 is 0 Å². The van der Waals surface area contributed by atoms with Crippen LogP contribution in [-0.4, -0.2) is 71.7 Å². The van der Waals surface area contributed by atoms with E-state index in [-0.39, 0.29) is 23.8 Å². The van der Waals surface area contributed by atoms with E-state index in [4.69, 9.17) is 9.47 Å². The Labute approximate surface area is 194 Å². The van der Waals surface area contributed by atoms with Crippen molar-refractivity contribution in [2.24, 2.45) is 16.8 Å². The first-order valence-electron chi connectivity index (χ1n) is 12.1. The highest BCUT2D eigenvalue weighted by Gasteiger charge is 2.36. The number of hydrogen-bond donors (Lipinski definition) is 0. The van der Waals surface area contributed by atoms with Crippen molar-refractivity contribution in [3.05, 3.63) is 35.2 Å². The van der Waals surface area contributed by atoms with Crippen molar-refractivity contribution >= 4 is 23.1 Å². The smallest absolute Gasteiger partial charge is 0.281 e. The van der Waals surface area contributed by atoms with Crippen LogP contribution in [0.2, 0.25) is 0 Å². The van der Waals surface area contributed by atoms with Gasteiger partial charge < -0.3 is 14.4 Å². The second-order valence-electron chi connectivity index (χ2n) is 9.37. The van der Waals surface area contributed by atoms with Crippen molar-refractivity contribution < 1.29 is 19.1 Å². The van der Waals surface area contributed by atoms with Crippen LogP contribution in [0.4, 0.5) is 0 Å². The van der Waals surface area contributed by atoms with Gasteiger partial charge in [-0.2, -0.15) is 5.10 Å². The number of amides is 2. The van der Waals surface area contributed by atoms with E-state index in [0.29, 0.717) is 30.4 Å². The molecule has 2 saturated heterocycles. The molecule has 4 aliphatic rings. The third kappa shape index (κ3) is 4.22. The summed E-state index contributed by atoms with van der Waals surface area (Å²) in [6.07, 6.45) is 9.46. The number of nitrogens with zero attached hydrogens (tertiary/aromatic N) is 4. The highest BCUT2D eigenvalue weighted by molar-refractivity contribution is 6.36. The molecular weight excluding hydrogens is 420 g/mol. The minimum atomic E-state index is -0.344. The molecule has 2 atom stereocenters. The predicted molar refractivity (Wildman–Crippen MR) is 124 cm³/mol. The quantitative estimate of drug-likeness (QED) is 0.619. The summed E-state index contributed by atoms with van der Waals surface area (Å²) in [5, 5.41) is 4.51. The largest absolute Gasteiger partial charge is 0.382 e. The Balaban J connectivity index is 1.36. The van der Waals surface area contributed by atoms with Crippen LogP contribution in [0.1, 0.15) is 61.6 Å². The summed E-state index contributed by atoms with van der Waals surface area (Å²) in [6, 6.07) is 0.0960. The lowest BCUT2D eigenvalue weighted by atomic mass is 9.84. The molecule has 176 valence electrons. The molecule has 0 bridgehead atoms. The van der Waals surface area contributed by atoms with Crippen molar-refractivity contribution in [3.63, 3.8) is 0 Å². The predicted octanol–water partition coefficient (Wildman–Crippen LogP) is 3.06. The van der Waals surface area contributed by atoms with Gasteiger partial charge in [-0.1, -0.05) is 11.6 Å². The molecule has 1 aromatic heterocycles. The number of allylic oxidation sites excluding steroid dienone is 2. The Morgan fingerprint density at radius 3 is 2.82 bits per heavy atom. The van der Waals surface area contributed by atoms with Crippen LogP contribution in [0.25, 0.3) is 5.57 Å². The molecule has 33 heavy (non-hydrogen) atoms.